The minimum Gasteiger partial charge on any atom is -0.383 e. The van der Waals surface area contributed by atoms with Gasteiger partial charge in [-0.25, -0.2) is 8.42 Å². The molecule has 0 aliphatic rings. The summed E-state index contributed by atoms with van der Waals surface area (Å²) in [6.45, 7) is 3.48. The first-order chi connectivity index (χ1) is 5.48. The average molecular weight is 195 g/mol. The lowest BCUT2D eigenvalue weighted by atomic mass is 10.4. The fourth-order valence-corrected chi connectivity index (χ4v) is 1.05. The van der Waals surface area contributed by atoms with E-state index >= 15 is 0 Å². The molecule has 0 aliphatic carbocycles. The van der Waals surface area contributed by atoms with Crippen LogP contribution < -0.4 is 5.32 Å². The van der Waals surface area contributed by atoms with Crippen molar-refractivity contribution in [3.63, 3.8) is 0 Å². The third-order valence-electron chi connectivity index (χ3n) is 1.65. The van der Waals surface area contributed by atoms with Crippen LogP contribution >= 0.6 is 0 Å². The Bertz CT molecular complexity index is 201. The van der Waals surface area contributed by atoms with Crippen molar-refractivity contribution in [1.29, 1.82) is 0 Å². The van der Waals surface area contributed by atoms with E-state index in [0.29, 0.717) is 19.7 Å². The predicted octanol–water partition coefficient (Wildman–Crippen LogP) is -0.344. The Morgan fingerprint density at radius 2 is 2.08 bits per heavy atom. The lowest BCUT2D eigenvalue weighted by Gasteiger charge is -2.09. The number of nitrogens with one attached hydrogen (secondary N) is 1. The summed E-state index contributed by atoms with van der Waals surface area (Å²) in [5, 5.41) is 2.66. The molecule has 1 N–H and O–H groups in total. The molecule has 74 valence electrons. The summed E-state index contributed by atoms with van der Waals surface area (Å²) in [6, 6.07) is 0. The minimum atomic E-state index is -2.89. The van der Waals surface area contributed by atoms with Crippen molar-refractivity contribution in [1.82, 2.24) is 5.32 Å². The molecule has 0 radical (unpaired) electrons. The van der Waals surface area contributed by atoms with Gasteiger partial charge < -0.3 is 10.1 Å². The Kier molecular flexibility index (Phi) is 5.44. The number of ether oxygens (including phenoxy) is 1. The third kappa shape index (κ3) is 5.51. The van der Waals surface area contributed by atoms with E-state index in [1.807, 2.05) is 0 Å². The molecule has 1 unspecified atom stereocenters. The zero-order valence-electron chi connectivity index (χ0n) is 7.83. The first-order valence-corrected chi connectivity index (χ1v) is 5.82. The van der Waals surface area contributed by atoms with Crippen LogP contribution in [0.15, 0.2) is 0 Å². The molecule has 0 bridgehead atoms. The van der Waals surface area contributed by atoms with Gasteiger partial charge in [0.1, 0.15) is 0 Å². The number of methoxy groups -OCH3 is 1. The van der Waals surface area contributed by atoms with Crippen molar-refractivity contribution in [3.8, 4) is 0 Å². The van der Waals surface area contributed by atoms with E-state index in [9.17, 15) is 8.42 Å². The molecule has 0 aromatic heterocycles. The van der Waals surface area contributed by atoms with E-state index in [4.69, 9.17) is 4.74 Å². The molecule has 0 spiro atoms. The van der Waals surface area contributed by atoms with Gasteiger partial charge in [0.2, 0.25) is 0 Å². The summed E-state index contributed by atoms with van der Waals surface area (Å²) in [4.78, 5) is 0. The number of hydrogen-bond donors (Lipinski definition) is 1. The molecular formula is C7H17NO3S. The summed E-state index contributed by atoms with van der Waals surface area (Å²) in [5.41, 5.74) is 0. The van der Waals surface area contributed by atoms with Gasteiger partial charge in [-0.3, -0.25) is 0 Å². The fraction of sp³-hybridized carbons (Fsp3) is 1.00. The highest BCUT2D eigenvalue weighted by atomic mass is 32.2. The van der Waals surface area contributed by atoms with Gasteiger partial charge in [-0.2, -0.15) is 0 Å². The van der Waals surface area contributed by atoms with Gasteiger partial charge >= 0.3 is 0 Å². The van der Waals surface area contributed by atoms with Crippen LogP contribution in [0.25, 0.3) is 0 Å². The van der Waals surface area contributed by atoms with E-state index in [1.165, 1.54) is 6.26 Å². The van der Waals surface area contributed by atoms with E-state index in [0.717, 1.165) is 0 Å². The molecule has 5 heteroatoms. The standard InChI is InChI=1S/C7H17NO3S/c1-7(12(3,9)10)6-8-4-5-11-2/h7-8H,4-6H2,1-3H3. The maximum absolute atomic E-state index is 10.9. The highest BCUT2D eigenvalue weighted by molar-refractivity contribution is 7.91. The van der Waals surface area contributed by atoms with Gasteiger partial charge in [0.05, 0.1) is 11.9 Å². The molecule has 0 rings (SSSR count). The summed E-state index contributed by atoms with van der Waals surface area (Å²) < 4.78 is 26.6. The highest BCUT2D eigenvalue weighted by Gasteiger charge is 2.13. The topological polar surface area (TPSA) is 55.4 Å². The second-order valence-corrected chi connectivity index (χ2v) is 5.30. The van der Waals surface area contributed by atoms with Crippen LogP contribution in [-0.4, -0.2) is 46.7 Å². The van der Waals surface area contributed by atoms with E-state index in [2.05, 4.69) is 5.32 Å². The van der Waals surface area contributed by atoms with Crippen LogP contribution in [0.1, 0.15) is 6.92 Å². The summed E-state index contributed by atoms with van der Waals surface area (Å²) in [5.74, 6) is 0. The zero-order valence-corrected chi connectivity index (χ0v) is 8.65. The van der Waals surface area contributed by atoms with Crippen LogP contribution in [0.3, 0.4) is 0 Å². The SMILES string of the molecule is COCCNCC(C)S(C)(=O)=O. The van der Waals surface area contributed by atoms with Crippen LogP contribution in [0.2, 0.25) is 0 Å². The molecule has 1 atom stereocenters. The molecule has 0 saturated carbocycles. The Morgan fingerprint density at radius 3 is 2.50 bits per heavy atom. The number of hydrogen-bond acceptors (Lipinski definition) is 4. The molecule has 4 nitrogen and oxygen atoms in total. The third-order valence-corrected chi connectivity index (χ3v) is 3.27. The molecule has 0 amide bonds. The van der Waals surface area contributed by atoms with Gasteiger partial charge in [0.15, 0.2) is 9.84 Å². The number of sulfone groups is 1. The van der Waals surface area contributed by atoms with Crippen LogP contribution in [-0.2, 0) is 14.6 Å². The molecule has 0 saturated heterocycles. The molecular weight excluding hydrogens is 178 g/mol. The summed E-state index contributed by atoms with van der Waals surface area (Å²) in [6.07, 6.45) is 1.25. The minimum absolute atomic E-state index is 0.325. The molecule has 0 aromatic carbocycles. The number of rotatable bonds is 6. The lowest BCUT2D eigenvalue weighted by Crippen LogP contribution is -2.32. The first kappa shape index (κ1) is 11.9. The Morgan fingerprint density at radius 1 is 1.50 bits per heavy atom. The van der Waals surface area contributed by atoms with Gasteiger partial charge in [0, 0.05) is 26.5 Å². The average Bonchev–Trinajstić information content (AvgIpc) is 1.96. The Hall–Kier alpha value is -0.130. The lowest BCUT2D eigenvalue weighted by molar-refractivity contribution is 0.199. The maximum Gasteiger partial charge on any atom is 0.151 e. The monoisotopic (exact) mass is 195 g/mol. The second-order valence-electron chi connectivity index (χ2n) is 2.84. The zero-order chi connectivity index (χ0) is 9.61. The molecule has 0 fully saturated rings. The largest absolute Gasteiger partial charge is 0.383 e. The van der Waals surface area contributed by atoms with Gasteiger partial charge in [-0.1, -0.05) is 0 Å². The summed E-state index contributed by atoms with van der Waals surface area (Å²) >= 11 is 0. The van der Waals surface area contributed by atoms with Crippen molar-refractivity contribution < 1.29 is 13.2 Å². The molecule has 12 heavy (non-hydrogen) atoms. The van der Waals surface area contributed by atoms with Crippen molar-refractivity contribution in [2.24, 2.45) is 0 Å². The van der Waals surface area contributed by atoms with Crippen LogP contribution in [0, 0.1) is 0 Å². The van der Waals surface area contributed by atoms with E-state index in [1.54, 1.807) is 14.0 Å². The summed E-state index contributed by atoms with van der Waals surface area (Å²) in [7, 11) is -1.28. The van der Waals surface area contributed by atoms with Crippen molar-refractivity contribution in [2.75, 3.05) is 33.1 Å². The van der Waals surface area contributed by atoms with Crippen molar-refractivity contribution in [2.45, 2.75) is 12.2 Å². The van der Waals surface area contributed by atoms with E-state index < -0.39 is 9.84 Å². The van der Waals surface area contributed by atoms with Crippen molar-refractivity contribution >= 4 is 9.84 Å². The first-order valence-electron chi connectivity index (χ1n) is 3.87. The predicted molar refractivity (Wildman–Crippen MR) is 49.1 cm³/mol. The quantitative estimate of drug-likeness (QED) is 0.589. The molecule has 0 aromatic rings. The smallest absolute Gasteiger partial charge is 0.151 e. The highest BCUT2D eigenvalue weighted by Crippen LogP contribution is 1.94. The maximum atomic E-state index is 10.9. The van der Waals surface area contributed by atoms with Gasteiger partial charge in [-0.05, 0) is 6.92 Å². The molecule has 0 heterocycles. The normalized spacial score (nSPS) is 14.6. The Labute approximate surface area is 74.2 Å². The van der Waals surface area contributed by atoms with Crippen LogP contribution in [0.5, 0.6) is 0 Å². The van der Waals surface area contributed by atoms with Crippen molar-refractivity contribution in [3.05, 3.63) is 0 Å². The van der Waals surface area contributed by atoms with Crippen LogP contribution in [0.4, 0.5) is 0 Å². The fourth-order valence-electron chi connectivity index (χ4n) is 0.631. The second kappa shape index (κ2) is 5.50. The van der Waals surface area contributed by atoms with Gasteiger partial charge in [0.25, 0.3) is 0 Å². The van der Waals surface area contributed by atoms with E-state index in [-0.39, 0.29) is 5.25 Å². The van der Waals surface area contributed by atoms with Gasteiger partial charge in [-0.15, -0.1) is 0 Å². The molecule has 0 aliphatic heterocycles. The Balaban J connectivity index is 3.52.